The molecule has 0 unspecified atom stereocenters. The van der Waals surface area contributed by atoms with E-state index in [4.69, 9.17) is 5.11 Å². The fourth-order valence-corrected chi connectivity index (χ4v) is 1.25. The van der Waals surface area contributed by atoms with Crippen LogP contribution in [0.15, 0.2) is 18.3 Å². The smallest absolute Gasteiger partial charge is 0.326 e. The number of aromatic nitrogens is 1. The van der Waals surface area contributed by atoms with E-state index in [1.165, 1.54) is 12.1 Å². The second kappa shape index (κ2) is 5.24. The molecular weight excluding hydrogens is 226 g/mol. The summed E-state index contributed by atoms with van der Waals surface area (Å²) in [4.78, 5) is 24.6. The Morgan fingerprint density at radius 1 is 1.53 bits per heavy atom. The van der Waals surface area contributed by atoms with Crippen molar-refractivity contribution in [2.75, 3.05) is 5.32 Å². The highest BCUT2D eigenvalue weighted by molar-refractivity contribution is 5.77. The topological polar surface area (TPSA) is 105 Å². The van der Waals surface area contributed by atoms with Crippen LogP contribution in [0.4, 0.5) is 11.5 Å². The van der Waals surface area contributed by atoms with Gasteiger partial charge in [-0.2, -0.15) is 0 Å². The van der Waals surface area contributed by atoms with Gasteiger partial charge in [0.05, 0.1) is 4.92 Å². The number of aliphatic carboxylic acids is 1. The average molecular weight is 239 g/mol. The molecule has 1 rings (SSSR count). The van der Waals surface area contributed by atoms with E-state index in [-0.39, 0.29) is 11.6 Å². The van der Waals surface area contributed by atoms with Crippen molar-refractivity contribution in [3.05, 3.63) is 28.4 Å². The van der Waals surface area contributed by atoms with Crippen LogP contribution in [0.3, 0.4) is 0 Å². The van der Waals surface area contributed by atoms with E-state index in [9.17, 15) is 14.9 Å². The summed E-state index contributed by atoms with van der Waals surface area (Å²) in [6.07, 6.45) is 1.08. The molecular formula is C10H13N3O4. The van der Waals surface area contributed by atoms with Gasteiger partial charge in [0.15, 0.2) is 0 Å². The minimum Gasteiger partial charge on any atom is -0.480 e. The van der Waals surface area contributed by atoms with E-state index in [0.29, 0.717) is 5.82 Å². The number of carboxylic acids is 1. The average Bonchev–Trinajstić information content (AvgIpc) is 2.25. The first kappa shape index (κ1) is 12.9. The Hall–Kier alpha value is -2.18. The number of anilines is 1. The van der Waals surface area contributed by atoms with Gasteiger partial charge in [-0.3, -0.25) is 10.1 Å². The highest BCUT2D eigenvalue weighted by atomic mass is 16.6. The van der Waals surface area contributed by atoms with Crippen molar-refractivity contribution in [3.63, 3.8) is 0 Å². The van der Waals surface area contributed by atoms with E-state index in [1.807, 2.05) is 0 Å². The summed E-state index contributed by atoms with van der Waals surface area (Å²) in [5.41, 5.74) is -0.132. The van der Waals surface area contributed by atoms with Gasteiger partial charge in [0.1, 0.15) is 18.1 Å². The van der Waals surface area contributed by atoms with Crippen LogP contribution >= 0.6 is 0 Å². The van der Waals surface area contributed by atoms with Gasteiger partial charge in [0.25, 0.3) is 5.69 Å². The fraction of sp³-hybridized carbons (Fsp3) is 0.400. The summed E-state index contributed by atoms with van der Waals surface area (Å²) in [5.74, 6) is -0.804. The largest absolute Gasteiger partial charge is 0.480 e. The number of hydrogen-bond acceptors (Lipinski definition) is 5. The molecule has 0 bridgehead atoms. The molecule has 1 aromatic heterocycles. The highest BCUT2D eigenvalue weighted by Crippen LogP contribution is 2.14. The van der Waals surface area contributed by atoms with Gasteiger partial charge < -0.3 is 10.4 Å². The third-order valence-electron chi connectivity index (χ3n) is 2.19. The van der Waals surface area contributed by atoms with Crippen LogP contribution in [0.25, 0.3) is 0 Å². The molecule has 0 fully saturated rings. The van der Waals surface area contributed by atoms with Gasteiger partial charge in [0.2, 0.25) is 0 Å². The molecule has 0 aliphatic rings. The number of pyridine rings is 1. The van der Waals surface area contributed by atoms with Gasteiger partial charge in [0, 0.05) is 6.07 Å². The zero-order valence-corrected chi connectivity index (χ0v) is 9.45. The van der Waals surface area contributed by atoms with Gasteiger partial charge in [-0.1, -0.05) is 13.8 Å². The van der Waals surface area contributed by atoms with Crippen molar-refractivity contribution in [2.24, 2.45) is 5.92 Å². The monoisotopic (exact) mass is 239 g/mol. The molecule has 0 aliphatic heterocycles. The lowest BCUT2D eigenvalue weighted by Gasteiger charge is -2.18. The van der Waals surface area contributed by atoms with Crippen LogP contribution in [0.1, 0.15) is 13.8 Å². The number of rotatable bonds is 5. The quantitative estimate of drug-likeness (QED) is 0.596. The maximum absolute atomic E-state index is 10.9. The van der Waals surface area contributed by atoms with E-state index < -0.39 is 16.9 Å². The molecule has 17 heavy (non-hydrogen) atoms. The molecule has 7 heteroatoms. The normalized spacial score (nSPS) is 12.2. The summed E-state index contributed by atoms with van der Waals surface area (Å²) >= 11 is 0. The minimum absolute atomic E-state index is 0.121. The molecule has 0 aliphatic carbocycles. The van der Waals surface area contributed by atoms with Crippen LogP contribution in [-0.2, 0) is 4.79 Å². The van der Waals surface area contributed by atoms with Gasteiger partial charge in [-0.15, -0.1) is 0 Å². The summed E-state index contributed by atoms with van der Waals surface area (Å²) < 4.78 is 0. The first-order valence-corrected chi connectivity index (χ1v) is 5.01. The maximum Gasteiger partial charge on any atom is 0.326 e. The predicted molar refractivity (Wildman–Crippen MR) is 60.8 cm³/mol. The number of nitro groups is 1. The molecule has 1 atom stereocenters. The Kier molecular flexibility index (Phi) is 3.97. The molecule has 0 saturated heterocycles. The van der Waals surface area contributed by atoms with E-state index in [2.05, 4.69) is 10.3 Å². The fourth-order valence-electron chi connectivity index (χ4n) is 1.25. The van der Waals surface area contributed by atoms with Crippen LogP contribution in [0, 0.1) is 16.0 Å². The van der Waals surface area contributed by atoms with Gasteiger partial charge >= 0.3 is 5.97 Å². The Bertz CT molecular complexity index is 416. The lowest BCUT2D eigenvalue weighted by Crippen LogP contribution is -2.34. The lowest BCUT2D eigenvalue weighted by molar-refractivity contribution is -0.385. The second-order valence-electron chi connectivity index (χ2n) is 3.86. The van der Waals surface area contributed by atoms with Crippen LogP contribution in [0.2, 0.25) is 0 Å². The zero-order chi connectivity index (χ0) is 13.0. The van der Waals surface area contributed by atoms with Crippen molar-refractivity contribution in [2.45, 2.75) is 19.9 Å². The summed E-state index contributed by atoms with van der Waals surface area (Å²) in [6, 6.07) is 1.88. The number of hydrogen-bond donors (Lipinski definition) is 2. The van der Waals surface area contributed by atoms with Crippen LogP contribution < -0.4 is 5.32 Å². The zero-order valence-electron chi connectivity index (χ0n) is 9.45. The summed E-state index contributed by atoms with van der Waals surface area (Å²) in [6.45, 7) is 3.52. The molecule has 2 N–H and O–H groups in total. The number of nitrogens with one attached hydrogen (secondary N) is 1. The molecule has 1 heterocycles. The molecule has 7 nitrogen and oxygen atoms in total. The Morgan fingerprint density at radius 3 is 2.53 bits per heavy atom. The molecule has 0 amide bonds. The first-order chi connectivity index (χ1) is 7.91. The van der Waals surface area contributed by atoms with E-state index in [0.717, 1.165) is 6.20 Å². The van der Waals surface area contributed by atoms with Crippen molar-refractivity contribution in [1.82, 2.24) is 4.98 Å². The Morgan fingerprint density at radius 2 is 2.18 bits per heavy atom. The Balaban J connectivity index is 2.80. The van der Waals surface area contributed by atoms with Crippen molar-refractivity contribution in [3.8, 4) is 0 Å². The number of carboxylic acid groups (broad SMARTS) is 1. The van der Waals surface area contributed by atoms with E-state index in [1.54, 1.807) is 13.8 Å². The van der Waals surface area contributed by atoms with Gasteiger partial charge in [-0.05, 0) is 12.0 Å². The third kappa shape index (κ3) is 3.40. The lowest BCUT2D eigenvalue weighted by atomic mass is 10.1. The number of nitrogens with zero attached hydrogens (tertiary/aromatic N) is 2. The molecule has 92 valence electrons. The van der Waals surface area contributed by atoms with Crippen LogP contribution in [-0.4, -0.2) is 27.0 Å². The molecule has 0 radical (unpaired) electrons. The summed E-state index contributed by atoms with van der Waals surface area (Å²) in [5, 5.41) is 22.1. The minimum atomic E-state index is -0.986. The predicted octanol–water partition coefficient (Wildman–Crippen LogP) is 1.51. The van der Waals surface area contributed by atoms with Crippen molar-refractivity contribution >= 4 is 17.5 Å². The third-order valence-corrected chi connectivity index (χ3v) is 2.19. The summed E-state index contributed by atoms with van der Waals surface area (Å²) in [7, 11) is 0. The molecule has 1 aromatic rings. The van der Waals surface area contributed by atoms with E-state index >= 15 is 0 Å². The van der Waals surface area contributed by atoms with Crippen molar-refractivity contribution < 1.29 is 14.8 Å². The standard InChI is InChI=1S/C10H13N3O4/c1-6(2)9(10(14)15)12-8-4-3-7(5-11-8)13(16)17/h3-6,9H,1-2H3,(H,11,12)(H,14,15)/t9-/m1/s1. The highest BCUT2D eigenvalue weighted by Gasteiger charge is 2.21. The Labute approximate surface area is 97.6 Å². The molecule has 0 saturated carbocycles. The SMILES string of the molecule is CC(C)[C@@H](Nc1ccc([N+](=O)[O-])cn1)C(=O)O. The van der Waals surface area contributed by atoms with Crippen molar-refractivity contribution in [1.29, 1.82) is 0 Å². The molecule has 0 aromatic carbocycles. The molecule has 0 spiro atoms. The van der Waals surface area contributed by atoms with Gasteiger partial charge in [-0.25, -0.2) is 9.78 Å². The first-order valence-electron chi connectivity index (χ1n) is 5.01. The van der Waals surface area contributed by atoms with Crippen LogP contribution in [0.5, 0.6) is 0 Å². The number of carbonyl (C=O) groups is 1. The second-order valence-corrected chi connectivity index (χ2v) is 3.86. The maximum atomic E-state index is 10.9.